The van der Waals surface area contributed by atoms with E-state index in [1.54, 1.807) is 17.5 Å². The third-order valence-corrected chi connectivity index (χ3v) is 7.76. The maximum Gasteiger partial charge on any atom is 0.400 e. The van der Waals surface area contributed by atoms with Crippen molar-refractivity contribution in [1.29, 1.82) is 0 Å². The fraction of sp³-hybridized carbons (Fsp3) is 0.409. The smallest absolute Gasteiger partial charge is 0.400 e. The molecule has 2 heterocycles. The van der Waals surface area contributed by atoms with Gasteiger partial charge in [0, 0.05) is 28.9 Å². The van der Waals surface area contributed by atoms with Crippen LogP contribution in [0.5, 0.6) is 0 Å². The number of nitrogens with zero attached hydrogens (tertiary/aromatic N) is 1. The molecule has 2 aliphatic heterocycles. The number of benzene rings is 1. The minimum Gasteiger partial charge on any atom is -0.456 e. The average Bonchev–Trinajstić information content (AvgIpc) is 3.09. The molecule has 2 aliphatic rings. The molecule has 0 aliphatic carbocycles. The highest BCUT2D eigenvalue weighted by Crippen LogP contribution is 2.48. The van der Waals surface area contributed by atoms with Gasteiger partial charge in [0.15, 0.2) is 0 Å². The number of hydrogen-bond acceptors (Lipinski definition) is 9. The van der Waals surface area contributed by atoms with Crippen LogP contribution in [0.3, 0.4) is 0 Å². The summed E-state index contributed by atoms with van der Waals surface area (Å²) < 4.78 is 39.8. The fourth-order valence-electron chi connectivity index (χ4n) is 3.80. The molecule has 1 fully saturated rings. The van der Waals surface area contributed by atoms with E-state index < -0.39 is 40.3 Å². The number of carbonyl (C=O) groups is 3. The summed E-state index contributed by atoms with van der Waals surface area (Å²) in [4.78, 5) is 39.0. The molecule has 2 amide bonds. The van der Waals surface area contributed by atoms with Crippen LogP contribution < -0.4 is 5.32 Å². The van der Waals surface area contributed by atoms with Gasteiger partial charge < -0.3 is 15.0 Å². The first-order chi connectivity index (χ1) is 16.5. The minimum absolute atomic E-state index is 0.0114. The Kier molecular flexibility index (Phi) is 9.16. The highest BCUT2D eigenvalue weighted by Gasteiger charge is 2.58. The quantitative estimate of drug-likeness (QED) is 0.306. The first-order valence-electron chi connectivity index (χ1n) is 10.7. The Hall–Kier alpha value is -2.19. The third kappa shape index (κ3) is 6.73. The number of hydrogen-bond donors (Lipinski definition) is 1. The van der Waals surface area contributed by atoms with Crippen LogP contribution in [0, 0.1) is 5.92 Å². The van der Waals surface area contributed by atoms with Gasteiger partial charge in [0.2, 0.25) is 11.8 Å². The van der Waals surface area contributed by atoms with Crippen molar-refractivity contribution in [2.45, 2.75) is 45.9 Å². The minimum atomic E-state index is -4.25. The van der Waals surface area contributed by atoms with Crippen LogP contribution in [0.15, 0.2) is 50.9 Å². The van der Waals surface area contributed by atoms with Gasteiger partial charge in [-0.05, 0) is 37.0 Å². The Labute approximate surface area is 216 Å². The van der Waals surface area contributed by atoms with Gasteiger partial charge in [0.1, 0.15) is 12.3 Å². The number of ether oxygens (including phenoxy) is 1. The topological polar surface area (TPSA) is 128 Å². The number of rotatable bonds is 11. The SMILES string of the molecule is CCOS(=O)(=O)O[C@@H](C)[C@@H]1C(=O)N2C(C(=O)OCc3ccc(Br)cc3)=C(SC=CNC(C)=O)C[C@H]12. The summed E-state index contributed by atoms with van der Waals surface area (Å²) in [6.45, 7) is 4.26. The van der Waals surface area contributed by atoms with Gasteiger partial charge in [0.25, 0.3) is 0 Å². The van der Waals surface area contributed by atoms with Gasteiger partial charge in [-0.25, -0.2) is 13.2 Å². The van der Waals surface area contributed by atoms with Crippen molar-refractivity contribution in [3.8, 4) is 0 Å². The molecule has 1 N–H and O–H groups in total. The number of amides is 2. The lowest BCUT2D eigenvalue weighted by Gasteiger charge is -2.45. The molecule has 10 nitrogen and oxygen atoms in total. The zero-order valence-electron chi connectivity index (χ0n) is 19.2. The van der Waals surface area contributed by atoms with Crippen LogP contribution in [-0.2, 0) is 44.5 Å². The van der Waals surface area contributed by atoms with Gasteiger partial charge in [-0.3, -0.25) is 9.59 Å². The van der Waals surface area contributed by atoms with Crippen LogP contribution in [0.1, 0.15) is 32.8 Å². The van der Waals surface area contributed by atoms with Crippen molar-refractivity contribution >= 4 is 55.9 Å². The number of fused-ring (bicyclic) bond motifs is 1. The largest absolute Gasteiger partial charge is 0.456 e. The molecule has 1 aromatic rings. The van der Waals surface area contributed by atoms with Crippen LogP contribution in [-0.4, -0.2) is 49.9 Å². The lowest BCUT2D eigenvalue weighted by atomic mass is 9.83. The first kappa shape index (κ1) is 27.4. The zero-order chi connectivity index (χ0) is 25.8. The Morgan fingerprint density at radius 1 is 1.31 bits per heavy atom. The van der Waals surface area contributed by atoms with Crippen molar-refractivity contribution in [2.24, 2.45) is 5.92 Å². The predicted octanol–water partition coefficient (Wildman–Crippen LogP) is 2.96. The van der Waals surface area contributed by atoms with E-state index >= 15 is 0 Å². The summed E-state index contributed by atoms with van der Waals surface area (Å²) in [5.74, 6) is -2.15. The molecule has 0 bridgehead atoms. The molecular formula is C22H25BrN2O8S2. The lowest BCUT2D eigenvalue weighted by molar-refractivity contribution is -0.161. The van der Waals surface area contributed by atoms with Crippen LogP contribution >= 0.6 is 27.7 Å². The third-order valence-electron chi connectivity index (χ3n) is 5.25. The summed E-state index contributed by atoms with van der Waals surface area (Å²) in [7, 11) is -4.25. The van der Waals surface area contributed by atoms with E-state index in [2.05, 4.69) is 25.4 Å². The molecule has 0 unspecified atom stereocenters. The molecule has 3 rings (SSSR count). The monoisotopic (exact) mass is 588 g/mol. The van der Waals surface area contributed by atoms with Gasteiger partial charge in [0.05, 0.1) is 24.7 Å². The summed E-state index contributed by atoms with van der Waals surface area (Å²) in [5, 5.41) is 4.10. The van der Waals surface area contributed by atoms with Gasteiger partial charge in [-0.15, -0.1) is 0 Å². The summed E-state index contributed by atoms with van der Waals surface area (Å²) in [6.07, 6.45) is 0.746. The summed E-state index contributed by atoms with van der Waals surface area (Å²) >= 11 is 4.52. The number of nitrogens with one attached hydrogen (secondary N) is 1. The molecule has 0 aromatic heterocycles. The second kappa shape index (κ2) is 11.7. The van der Waals surface area contributed by atoms with E-state index in [0.717, 1.165) is 10.0 Å². The van der Waals surface area contributed by atoms with Crippen molar-refractivity contribution < 1.29 is 35.9 Å². The normalized spacial score (nSPS) is 20.6. The van der Waals surface area contributed by atoms with Crippen molar-refractivity contribution in [3.63, 3.8) is 0 Å². The van der Waals surface area contributed by atoms with E-state index in [4.69, 9.17) is 8.92 Å². The molecule has 0 spiro atoms. The average molecular weight is 589 g/mol. The fourth-order valence-corrected chi connectivity index (χ4v) is 5.76. The van der Waals surface area contributed by atoms with Crippen LogP contribution in [0.2, 0.25) is 0 Å². The number of halogens is 1. The molecule has 0 saturated carbocycles. The van der Waals surface area contributed by atoms with Crippen molar-refractivity contribution in [3.05, 3.63) is 56.5 Å². The van der Waals surface area contributed by atoms with Crippen molar-refractivity contribution in [2.75, 3.05) is 6.61 Å². The van der Waals surface area contributed by atoms with E-state index in [0.29, 0.717) is 11.3 Å². The van der Waals surface area contributed by atoms with Crippen LogP contribution in [0.4, 0.5) is 0 Å². The molecule has 1 saturated heterocycles. The molecule has 35 heavy (non-hydrogen) atoms. The standard InChI is InChI=1S/C22H25BrN2O8S2/c1-4-32-35(29,30)33-13(2)19-17-11-18(34-10-9-24-14(3)26)20(25(17)21(19)27)22(28)31-12-15-5-7-16(23)8-6-15/h5-10,13,17,19H,4,11-12H2,1-3H3,(H,24,26)/t13-,17+,19-/m0/s1. The summed E-state index contributed by atoms with van der Waals surface area (Å²) in [5.41, 5.74) is 0.873. The van der Waals surface area contributed by atoms with Crippen LogP contribution in [0.25, 0.3) is 0 Å². The number of thioether (sulfide) groups is 1. The van der Waals surface area contributed by atoms with Crippen molar-refractivity contribution in [1.82, 2.24) is 10.2 Å². The van der Waals surface area contributed by atoms with E-state index in [9.17, 15) is 22.8 Å². The zero-order valence-corrected chi connectivity index (χ0v) is 22.4. The number of β-lactam (4-membered cyclic amide) rings is 1. The molecule has 13 heteroatoms. The van der Waals surface area contributed by atoms with E-state index in [-0.39, 0.29) is 24.8 Å². The lowest BCUT2D eigenvalue weighted by Crippen LogP contribution is -2.62. The van der Waals surface area contributed by atoms with E-state index in [1.807, 2.05) is 12.1 Å². The predicted molar refractivity (Wildman–Crippen MR) is 131 cm³/mol. The molecule has 0 radical (unpaired) electrons. The summed E-state index contributed by atoms with van der Waals surface area (Å²) in [6, 6.07) is 6.78. The Morgan fingerprint density at radius 2 is 2.00 bits per heavy atom. The number of esters is 1. The Balaban J connectivity index is 1.76. The molecule has 3 atom stereocenters. The highest BCUT2D eigenvalue weighted by molar-refractivity contribution is 9.10. The first-order valence-corrected chi connectivity index (χ1v) is 13.7. The number of carbonyl (C=O) groups excluding carboxylic acids is 3. The van der Waals surface area contributed by atoms with Gasteiger partial charge >= 0.3 is 16.4 Å². The van der Waals surface area contributed by atoms with Gasteiger partial charge in [-0.1, -0.05) is 39.8 Å². The van der Waals surface area contributed by atoms with E-state index in [1.165, 1.54) is 43.6 Å². The Morgan fingerprint density at radius 3 is 2.63 bits per heavy atom. The second-order valence-electron chi connectivity index (χ2n) is 7.72. The van der Waals surface area contributed by atoms with Gasteiger partial charge in [-0.2, -0.15) is 8.42 Å². The molecular weight excluding hydrogens is 564 g/mol. The molecule has 190 valence electrons. The Bertz CT molecular complexity index is 1150. The maximum atomic E-state index is 13.0. The highest BCUT2D eigenvalue weighted by atomic mass is 79.9. The molecule has 1 aromatic carbocycles. The maximum absolute atomic E-state index is 13.0. The second-order valence-corrected chi connectivity index (χ2v) is 10.9.